The molecule has 1 atom stereocenters. The number of amides is 4. The largest absolute Gasteiger partial charge is 0.325 e. The molecule has 0 bridgehead atoms. The number of nitrogens with one attached hydrogen (secondary N) is 1. The van der Waals surface area contributed by atoms with E-state index in [9.17, 15) is 14.4 Å². The predicted molar refractivity (Wildman–Crippen MR) is 116 cm³/mol. The lowest BCUT2D eigenvalue weighted by atomic mass is 9.65. The van der Waals surface area contributed by atoms with Gasteiger partial charge in [-0.05, 0) is 62.0 Å². The van der Waals surface area contributed by atoms with Gasteiger partial charge in [-0.3, -0.25) is 14.5 Å². The van der Waals surface area contributed by atoms with Gasteiger partial charge in [0.05, 0.1) is 0 Å². The first-order chi connectivity index (χ1) is 14.2. The van der Waals surface area contributed by atoms with Gasteiger partial charge in [-0.1, -0.05) is 45.4 Å². The predicted octanol–water partition coefficient (Wildman–Crippen LogP) is 3.88. The minimum absolute atomic E-state index is 0.0244. The Morgan fingerprint density at radius 3 is 2.53 bits per heavy atom. The summed E-state index contributed by atoms with van der Waals surface area (Å²) in [6.45, 7) is 8.57. The zero-order valence-corrected chi connectivity index (χ0v) is 18.5. The van der Waals surface area contributed by atoms with Crippen molar-refractivity contribution in [1.82, 2.24) is 10.2 Å². The average molecular weight is 412 g/mol. The summed E-state index contributed by atoms with van der Waals surface area (Å²) in [5, 5.41) is 2.95. The molecule has 1 saturated heterocycles. The molecule has 1 saturated carbocycles. The minimum Gasteiger partial charge on any atom is -0.323 e. The van der Waals surface area contributed by atoms with Crippen molar-refractivity contribution in [2.24, 2.45) is 11.3 Å². The maximum atomic E-state index is 13.3. The molecule has 2 fully saturated rings. The van der Waals surface area contributed by atoms with Gasteiger partial charge < -0.3 is 10.2 Å². The van der Waals surface area contributed by atoms with E-state index >= 15 is 0 Å². The van der Waals surface area contributed by atoms with Gasteiger partial charge in [0.1, 0.15) is 12.1 Å². The smallest absolute Gasteiger partial charge is 0.323 e. The van der Waals surface area contributed by atoms with Crippen LogP contribution in [0.5, 0.6) is 0 Å². The van der Waals surface area contributed by atoms with E-state index in [1.807, 2.05) is 31.2 Å². The lowest BCUT2D eigenvalue weighted by molar-refractivity contribution is -0.135. The molecular formula is C24H33N3O3. The number of carbonyl (C=O) groups is 3. The number of imide groups is 1. The highest BCUT2D eigenvalue weighted by atomic mass is 16.2. The highest BCUT2D eigenvalue weighted by molar-refractivity contribution is 6.10. The van der Waals surface area contributed by atoms with E-state index in [0.29, 0.717) is 18.8 Å². The van der Waals surface area contributed by atoms with Crippen molar-refractivity contribution in [2.45, 2.75) is 77.8 Å². The molecule has 6 heteroatoms. The number of anilines is 1. The molecule has 30 heavy (non-hydrogen) atoms. The molecule has 4 rings (SSSR count). The Morgan fingerprint density at radius 2 is 1.87 bits per heavy atom. The van der Waals surface area contributed by atoms with Crippen LogP contribution >= 0.6 is 0 Å². The third-order valence-electron chi connectivity index (χ3n) is 7.87. The summed E-state index contributed by atoms with van der Waals surface area (Å²) >= 11 is 0. The number of para-hydroxylation sites is 1. The monoisotopic (exact) mass is 411 g/mol. The van der Waals surface area contributed by atoms with E-state index in [2.05, 4.69) is 26.1 Å². The van der Waals surface area contributed by atoms with Gasteiger partial charge in [-0.2, -0.15) is 0 Å². The fourth-order valence-electron chi connectivity index (χ4n) is 5.50. The number of nitrogens with zero attached hydrogens (tertiary/aromatic N) is 2. The van der Waals surface area contributed by atoms with Crippen molar-refractivity contribution in [1.29, 1.82) is 0 Å². The van der Waals surface area contributed by atoms with Gasteiger partial charge >= 0.3 is 6.03 Å². The number of carbonyl (C=O) groups excluding carboxylic acids is 3. The van der Waals surface area contributed by atoms with Crippen molar-refractivity contribution < 1.29 is 14.4 Å². The molecule has 2 aliphatic heterocycles. The summed E-state index contributed by atoms with van der Waals surface area (Å²) < 4.78 is 0. The van der Waals surface area contributed by atoms with Gasteiger partial charge in [0.2, 0.25) is 5.91 Å². The number of rotatable bonds is 4. The standard InChI is InChI=1S/C24H33N3O3/c1-5-23(3,4)18-10-12-24(13-11-18)21(29)26(22(30)25-24)15-20(28)27-16(2)14-17-8-6-7-9-19(17)27/h6-9,16,18H,5,10-15H2,1-4H3,(H,25,30). The molecule has 3 aliphatic rings. The van der Waals surface area contributed by atoms with E-state index in [1.165, 1.54) is 0 Å². The number of urea groups is 1. The number of hydrogen-bond acceptors (Lipinski definition) is 3. The number of benzene rings is 1. The quantitative estimate of drug-likeness (QED) is 0.765. The molecule has 0 radical (unpaired) electrons. The molecule has 4 amide bonds. The van der Waals surface area contributed by atoms with Gasteiger partial charge in [0.25, 0.3) is 5.91 Å². The minimum atomic E-state index is -0.827. The van der Waals surface area contributed by atoms with Crippen molar-refractivity contribution in [3.8, 4) is 0 Å². The van der Waals surface area contributed by atoms with E-state index < -0.39 is 11.6 Å². The lowest BCUT2D eigenvalue weighted by Crippen LogP contribution is -2.51. The van der Waals surface area contributed by atoms with Crippen molar-refractivity contribution in [3.05, 3.63) is 29.8 Å². The maximum absolute atomic E-state index is 13.3. The molecule has 2 heterocycles. The first kappa shape index (κ1) is 20.9. The Hall–Kier alpha value is -2.37. The van der Waals surface area contributed by atoms with Crippen molar-refractivity contribution in [3.63, 3.8) is 0 Å². The normalized spacial score (nSPS) is 28.8. The summed E-state index contributed by atoms with van der Waals surface area (Å²) in [5.74, 6) is 0.123. The molecule has 6 nitrogen and oxygen atoms in total. The molecule has 1 spiro atoms. The van der Waals surface area contributed by atoms with Crippen LogP contribution in [0, 0.1) is 11.3 Å². The Kier molecular flexibility index (Phi) is 5.15. The second kappa shape index (κ2) is 7.40. The molecule has 0 aromatic heterocycles. The zero-order valence-electron chi connectivity index (χ0n) is 18.5. The molecule has 1 unspecified atom stereocenters. The number of fused-ring (bicyclic) bond motifs is 1. The van der Waals surface area contributed by atoms with Gasteiger partial charge in [0, 0.05) is 11.7 Å². The fourth-order valence-corrected chi connectivity index (χ4v) is 5.50. The average Bonchev–Trinajstić information content (AvgIpc) is 3.17. The van der Waals surface area contributed by atoms with Gasteiger partial charge in [0.15, 0.2) is 0 Å². The Labute approximate surface area is 179 Å². The van der Waals surface area contributed by atoms with Crippen LogP contribution in [0.3, 0.4) is 0 Å². The molecule has 1 aromatic rings. The summed E-state index contributed by atoms with van der Waals surface area (Å²) in [7, 11) is 0. The van der Waals surface area contributed by atoms with Crippen molar-refractivity contribution in [2.75, 3.05) is 11.4 Å². The van der Waals surface area contributed by atoms with Crippen LogP contribution in [0.4, 0.5) is 10.5 Å². The van der Waals surface area contributed by atoms with Crippen LogP contribution in [-0.2, 0) is 16.0 Å². The lowest BCUT2D eigenvalue weighted by Gasteiger charge is -2.42. The third kappa shape index (κ3) is 3.30. The zero-order chi connectivity index (χ0) is 21.7. The first-order valence-corrected chi connectivity index (χ1v) is 11.2. The number of hydrogen-bond donors (Lipinski definition) is 1. The van der Waals surface area contributed by atoms with Crippen LogP contribution < -0.4 is 10.2 Å². The Bertz CT molecular complexity index is 870. The van der Waals surface area contributed by atoms with Gasteiger partial charge in [-0.15, -0.1) is 0 Å². The maximum Gasteiger partial charge on any atom is 0.325 e. The fraction of sp³-hybridized carbons (Fsp3) is 0.625. The second-order valence-electron chi connectivity index (χ2n) is 9.97. The topological polar surface area (TPSA) is 69.7 Å². The summed E-state index contributed by atoms with van der Waals surface area (Å²) in [6.07, 6.45) is 5.04. The van der Waals surface area contributed by atoms with Crippen LogP contribution in [0.1, 0.15) is 65.4 Å². The summed E-state index contributed by atoms with van der Waals surface area (Å²) in [4.78, 5) is 42.0. The first-order valence-electron chi connectivity index (χ1n) is 11.2. The molecule has 162 valence electrons. The van der Waals surface area contributed by atoms with E-state index in [4.69, 9.17) is 0 Å². The van der Waals surface area contributed by atoms with E-state index in [-0.39, 0.29) is 29.8 Å². The summed E-state index contributed by atoms with van der Waals surface area (Å²) in [6, 6.07) is 7.43. The molecule has 1 aromatic carbocycles. The highest BCUT2D eigenvalue weighted by Crippen LogP contribution is 2.45. The molecule has 1 aliphatic carbocycles. The van der Waals surface area contributed by atoms with Crippen LogP contribution in [0.25, 0.3) is 0 Å². The third-order valence-corrected chi connectivity index (χ3v) is 7.87. The van der Waals surface area contributed by atoms with Crippen molar-refractivity contribution >= 4 is 23.5 Å². The van der Waals surface area contributed by atoms with Crippen LogP contribution in [0.15, 0.2) is 24.3 Å². The van der Waals surface area contributed by atoms with E-state index in [0.717, 1.165) is 41.8 Å². The van der Waals surface area contributed by atoms with E-state index in [1.54, 1.807) is 4.90 Å². The van der Waals surface area contributed by atoms with Gasteiger partial charge in [-0.25, -0.2) is 4.79 Å². The highest BCUT2D eigenvalue weighted by Gasteiger charge is 2.54. The SMILES string of the molecule is CCC(C)(C)C1CCC2(CC1)NC(=O)N(CC(=O)N1c3ccccc3CC1C)C2=O. The Balaban J connectivity index is 1.46. The summed E-state index contributed by atoms with van der Waals surface area (Å²) in [5.41, 5.74) is 1.43. The van der Waals surface area contributed by atoms with Crippen LogP contribution in [0.2, 0.25) is 0 Å². The molecule has 1 N–H and O–H groups in total. The van der Waals surface area contributed by atoms with Crippen LogP contribution in [-0.4, -0.2) is 40.9 Å². The Morgan fingerprint density at radius 1 is 1.20 bits per heavy atom. The second-order valence-corrected chi connectivity index (χ2v) is 9.97. The molecular weight excluding hydrogens is 378 g/mol.